The summed E-state index contributed by atoms with van der Waals surface area (Å²) in [6, 6.07) is 69.7. The Hall–Kier alpha value is -7.16. The molecule has 0 fully saturated rings. The minimum Gasteiger partial charge on any atom is -0.455 e. The minimum absolute atomic E-state index is 0.00617. The summed E-state index contributed by atoms with van der Waals surface area (Å²) in [6.45, 7) is 18.7. The quantitative estimate of drug-likeness (QED) is 0.166. The smallest absolute Gasteiger partial charge is 0.143 e. The fraction of sp³-hybridized carbons (Fsp3) is 0.175. The van der Waals surface area contributed by atoms with E-state index in [0.29, 0.717) is 0 Å². The van der Waals surface area contributed by atoms with Gasteiger partial charge in [-0.25, -0.2) is 0 Å². The first-order valence-corrected chi connectivity index (χ1v) is 23.1. The van der Waals surface area contributed by atoms with Gasteiger partial charge in [-0.3, -0.25) is 0 Å². The highest BCUT2D eigenvalue weighted by Crippen LogP contribution is 2.55. The first kappa shape index (κ1) is 40.6. The lowest BCUT2D eigenvalue weighted by molar-refractivity contribution is 0.569. The van der Waals surface area contributed by atoms with Crippen molar-refractivity contribution in [3.05, 3.63) is 210 Å². The van der Waals surface area contributed by atoms with E-state index in [2.05, 4.69) is 242 Å². The number of furan rings is 1. The maximum atomic E-state index is 6.53. The van der Waals surface area contributed by atoms with Crippen molar-refractivity contribution in [3.63, 3.8) is 0 Å². The van der Waals surface area contributed by atoms with Crippen molar-refractivity contribution in [2.45, 2.75) is 71.6 Å². The van der Waals surface area contributed by atoms with Crippen LogP contribution in [-0.4, -0.2) is 0 Å². The molecular weight excluding hydrogens is 787 g/mol. The van der Waals surface area contributed by atoms with Crippen molar-refractivity contribution >= 4 is 49.8 Å². The van der Waals surface area contributed by atoms with Crippen LogP contribution in [0.3, 0.4) is 0 Å². The minimum atomic E-state index is -0.152. The van der Waals surface area contributed by atoms with E-state index in [0.717, 1.165) is 50.1 Å². The molecule has 10 aromatic rings. The van der Waals surface area contributed by atoms with Gasteiger partial charge in [-0.1, -0.05) is 213 Å². The summed E-state index contributed by atoms with van der Waals surface area (Å²) in [6.07, 6.45) is 0. The molecule has 2 heteroatoms. The Morgan fingerprint density at radius 1 is 0.431 bits per heavy atom. The zero-order valence-corrected chi connectivity index (χ0v) is 38.8. The molecule has 1 aromatic heterocycles. The number of hydrogen-bond acceptors (Lipinski definition) is 2. The zero-order chi connectivity index (χ0) is 44.8. The number of hydrogen-bond donors (Lipinski definition) is 0. The highest BCUT2D eigenvalue weighted by Gasteiger charge is 2.38. The van der Waals surface area contributed by atoms with Gasteiger partial charge >= 0.3 is 0 Å². The van der Waals surface area contributed by atoms with E-state index in [9.17, 15) is 0 Å². The monoisotopic (exact) mass is 841 g/mol. The van der Waals surface area contributed by atoms with Crippen LogP contribution in [-0.2, 0) is 16.2 Å². The third-order valence-corrected chi connectivity index (χ3v) is 14.0. The average Bonchev–Trinajstić information content (AvgIpc) is 3.81. The van der Waals surface area contributed by atoms with Crippen LogP contribution in [0.5, 0.6) is 0 Å². The molecule has 11 rings (SSSR count). The second-order valence-electron chi connectivity index (χ2n) is 20.6. The second kappa shape index (κ2) is 15.0. The highest BCUT2D eigenvalue weighted by molar-refractivity contribution is 6.11. The van der Waals surface area contributed by atoms with Crippen molar-refractivity contribution < 1.29 is 4.42 Å². The SMILES string of the molecule is CC(C)(C)c1cc(-c2cccc3cccc(-c4ccccc4N(c4ccc(-c5cccc6c5oc5ccccc56)cc4)c4cccc5c4-c4ccccc4C5(C)C)c23)cc(C(C)(C)C)c1. The molecule has 1 aliphatic carbocycles. The number of benzene rings is 9. The third-order valence-electron chi connectivity index (χ3n) is 14.0. The largest absolute Gasteiger partial charge is 0.455 e. The summed E-state index contributed by atoms with van der Waals surface area (Å²) in [4.78, 5) is 2.51. The Balaban J connectivity index is 1.15. The highest BCUT2D eigenvalue weighted by atomic mass is 16.3. The van der Waals surface area contributed by atoms with Crippen LogP contribution in [0.4, 0.5) is 17.1 Å². The van der Waals surface area contributed by atoms with Gasteiger partial charge in [0.15, 0.2) is 0 Å². The lowest BCUT2D eigenvalue weighted by Gasteiger charge is -2.31. The molecule has 0 saturated heterocycles. The molecule has 0 unspecified atom stereocenters. The Kier molecular flexibility index (Phi) is 9.35. The molecule has 0 atom stereocenters. The van der Waals surface area contributed by atoms with E-state index < -0.39 is 0 Å². The number of fused-ring (bicyclic) bond motifs is 7. The van der Waals surface area contributed by atoms with Gasteiger partial charge in [0.2, 0.25) is 0 Å². The topological polar surface area (TPSA) is 16.4 Å². The lowest BCUT2D eigenvalue weighted by atomic mass is 9.78. The number of para-hydroxylation sites is 3. The van der Waals surface area contributed by atoms with Crippen LogP contribution < -0.4 is 4.90 Å². The molecule has 9 aromatic carbocycles. The Morgan fingerprint density at radius 3 is 1.72 bits per heavy atom. The zero-order valence-electron chi connectivity index (χ0n) is 38.8. The van der Waals surface area contributed by atoms with Gasteiger partial charge in [0.1, 0.15) is 11.2 Å². The summed E-state index contributed by atoms with van der Waals surface area (Å²) < 4.78 is 6.53. The molecule has 318 valence electrons. The molecule has 0 amide bonds. The predicted molar refractivity (Wildman–Crippen MR) is 277 cm³/mol. The number of anilines is 3. The molecule has 0 N–H and O–H groups in total. The summed E-state index contributed by atoms with van der Waals surface area (Å²) in [5.74, 6) is 0. The van der Waals surface area contributed by atoms with Crippen LogP contribution in [0.1, 0.15) is 77.6 Å². The molecule has 1 aliphatic rings. The fourth-order valence-corrected chi connectivity index (χ4v) is 10.4. The molecular formula is C63H55NO. The summed E-state index contributed by atoms with van der Waals surface area (Å²) in [5.41, 5.74) is 20.1. The molecule has 0 spiro atoms. The van der Waals surface area contributed by atoms with Crippen molar-refractivity contribution in [3.8, 4) is 44.5 Å². The molecule has 0 radical (unpaired) electrons. The van der Waals surface area contributed by atoms with Crippen LogP contribution in [0.15, 0.2) is 192 Å². The van der Waals surface area contributed by atoms with Crippen LogP contribution in [0.25, 0.3) is 77.2 Å². The van der Waals surface area contributed by atoms with Crippen LogP contribution in [0, 0.1) is 0 Å². The third kappa shape index (κ3) is 6.69. The van der Waals surface area contributed by atoms with Gasteiger partial charge in [0.05, 0.1) is 11.4 Å². The standard InChI is InChI=1S/C63H55NO/c1-61(2,3)43-37-42(38-44(39-43)62(4,5)6)46-24-15-19-41-20-16-26-50(58(41)46)48-21-10-13-30-55(48)64(56-31-18-29-54-59(56)52-23-9-12-28-53(52)63(54,7)8)45-35-33-40(34-36-45)47-25-17-27-51-49-22-11-14-32-57(49)65-60(47)51/h9-39H,1-8H3. The van der Waals surface area contributed by atoms with Gasteiger partial charge in [-0.15, -0.1) is 0 Å². The van der Waals surface area contributed by atoms with Gasteiger partial charge in [-0.2, -0.15) is 0 Å². The van der Waals surface area contributed by atoms with E-state index in [1.54, 1.807) is 0 Å². The van der Waals surface area contributed by atoms with E-state index in [-0.39, 0.29) is 16.2 Å². The molecule has 0 bridgehead atoms. The molecule has 0 aliphatic heterocycles. The Morgan fingerprint density at radius 2 is 0.985 bits per heavy atom. The maximum absolute atomic E-state index is 6.53. The molecule has 65 heavy (non-hydrogen) atoms. The van der Waals surface area contributed by atoms with Gasteiger partial charge in [0.25, 0.3) is 0 Å². The number of nitrogens with zero attached hydrogens (tertiary/aromatic N) is 1. The van der Waals surface area contributed by atoms with Crippen LogP contribution >= 0.6 is 0 Å². The van der Waals surface area contributed by atoms with E-state index in [1.807, 2.05) is 6.07 Å². The Bertz CT molecular complexity index is 3440. The maximum Gasteiger partial charge on any atom is 0.143 e. The number of rotatable bonds is 6. The first-order chi connectivity index (χ1) is 31.3. The van der Waals surface area contributed by atoms with E-state index in [4.69, 9.17) is 4.42 Å². The normalized spacial score (nSPS) is 13.4. The summed E-state index contributed by atoms with van der Waals surface area (Å²) >= 11 is 0. The lowest BCUT2D eigenvalue weighted by Crippen LogP contribution is -2.16. The van der Waals surface area contributed by atoms with Crippen molar-refractivity contribution in [1.29, 1.82) is 0 Å². The van der Waals surface area contributed by atoms with Gasteiger partial charge in [0, 0.05) is 38.6 Å². The second-order valence-corrected chi connectivity index (χ2v) is 20.6. The summed E-state index contributed by atoms with van der Waals surface area (Å²) in [7, 11) is 0. The van der Waals surface area contributed by atoms with Crippen molar-refractivity contribution in [1.82, 2.24) is 0 Å². The van der Waals surface area contributed by atoms with Crippen molar-refractivity contribution in [2.24, 2.45) is 0 Å². The van der Waals surface area contributed by atoms with Crippen molar-refractivity contribution in [2.75, 3.05) is 4.90 Å². The first-order valence-electron chi connectivity index (χ1n) is 23.1. The predicted octanol–water partition coefficient (Wildman–Crippen LogP) is 18.1. The van der Waals surface area contributed by atoms with Gasteiger partial charge < -0.3 is 9.32 Å². The molecule has 1 heterocycles. The van der Waals surface area contributed by atoms with Crippen LogP contribution in [0.2, 0.25) is 0 Å². The summed E-state index contributed by atoms with van der Waals surface area (Å²) in [5, 5.41) is 4.75. The van der Waals surface area contributed by atoms with E-state index in [1.165, 1.54) is 66.4 Å². The fourth-order valence-electron chi connectivity index (χ4n) is 10.4. The Labute approximate surface area is 383 Å². The van der Waals surface area contributed by atoms with E-state index >= 15 is 0 Å². The average molecular weight is 842 g/mol. The molecule has 0 saturated carbocycles. The van der Waals surface area contributed by atoms with Gasteiger partial charge in [-0.05, 0) is 102 Å². The molecule has 2 nitrogen and oxygen atoms in total.